The van der Waals surface area contributed by atoms with Crippen LogP contribution >= 0.6 is 15.9 Å². The molecule has 0 aromatic heterocycles. The van der Waals surface area contributed by atoms with Gasteiger partial charge in [-0.1, -0.05) is 15.9 Å². The second kappa shape index (κ2) is 3.27. The molecule has 2 bridgehead atoms. The molecule has 2 atom stereocenters. The highest BCUT2D eigenvalue weighted by molar-refractivity contribution is 9.10. The third kappa shape index (κ3) is 1.36. The van der Waals surface area contributed by atoms with E-state index >= 15 is 0 Å². The fraction of sp³-hybridized carbons (Fsp3) is 0.500. The van der Waals surface area contributed by atoms with E-state index in [-0.39, 0.29) is 0 Å². The number of rotatable bonds is 1. The van der Waals surface area contributed by atoms with Crippen LogP contribution in [0.5, 0.6) is 0 Å². The van der Waals surface area contributed by atoms with Crippen molar-refractivity contribution in [3.63, 3.8) is 0 Å². The molecule has 3 rings (SSSR count). The van der Waals surface area contributed by atoms with E-state index in [1.807, 2.05) is 0 Å². The second-order valence-corrected chi connectivity index (χ2v) is 5.38. The Morgan fingerprint density at radius 1 is 1.14 bits per heavy atom. The number of hydrogen-bond donors (Lipinski definition) is 0. The zero-order valence-electron chi connectivity index (χ0n) is 8.12. The largest absolute Gasteiger partial charge is 0.368 e. The minimum atomic E-state index is 0.834. The molecule has 1 aromatic rings. The number of anilines is 1. The van der Waals surface area contributed by atoms with Crippen molar-refractivity contribution in [1.29, 1.82) is 0 Å². The van der Waals surface area contributed by atoms with E-state index in [0.717, 1.165) is 12.0 Å². The molecule has 0 N–H and O–H groups in total. The molecule has 0 amide bonds. The van der Waals surface area contributed by atoms with Gasteiger partial charge in [-0.3, -0.25) is 0 Å². The lowest BCUT2D eigenvalue weighted by atomic mass is 10.1. The van der Waals surface area contributed by atoms with Crippen molar-refractivity contribution in [1.82, 2.24) is 0 Å². The fourth-order valence-corrected chi connectivity index (χ4v) is 3.14. The van der Waals surface area contributed by atoms with Crippen LogP contribution in [0.15, 0.2) is 28.7 Å². The topological polar surface area (TPSA) is 3.24 Å². The van der Waals surface area contributed by atoms with Gasteiger partial charge in [-0.05, 0) is 49.4 Å². The summed E-state index contributed by atoms with van der Waals surface area (Å²) in [5.41, 5.74) is 1.40. The first-order chi connectivity index (χ1) is 6.83. The van der Waals surface area contributed by atoms with Crippen LogP contribution in [-0.2, 0) is 0 Å². The van der Waals surface area contributed by atoms with Crippen molar-refractivity contribution in [3.05, 3.63) is 28.7 Å². The van der Waals surface area contributed by atoms with Gasteiger partial charge in [0.05, 0.1) is 0 Å². The Bertz CT molecular complexity index is 333. The number of fused-ring (bicyclic) bond motifs is 2. The molecule has 0 unspecified atom stereocenters. The van der Waals surface area contributed by atoms with Crippen molar-refractivity contribution >= 4 is 21.6 Å². The average molecular weight is 252 g/mol. The zero-order chi connectivity index (χ0) is 9.54. The van der Waals surface area contributed by atoms with Crippen LogP contribution < -0.4 is 4.90 Å². The van der Waals surface area contributed by atoms with Crippen molar-refractivity contribution in [2.45, 2.75) is 25.3 Å². The van der Waals surface area contributed by atoms with E-state index < -0.39 is 0 Å². The first-order valence-corrected chi connectivity index (χ1v) is 6.14. The summed E-state index contributed by atoms with van der Waals surface area (Å²) in [4.78, 5) is 2.58. The second-order valence-electron chi connectivity index (χ2n) is 4.46. The summed E-state index contributed by atoms with van der Waals surface area (Å²) in [5.74, 6) is 0.976. The summed E-state index contributed by atoms with van der Waals surface area (Å²) in [6.45, 7) is 1.28. The molecular weight excluding hydrogens is 238 g/mol. The van der Waals surface area contributed by atoms with Gasteiger partial charge in [0.15, 0.2) is 0 Å². The molecule has 1 aliphatic heterocycles. The van der Waals surface area contributed by atoms with E-state index in [0.29, 0.717) is 0 Å². The normalized spacial score (nSPS) is 29.9. The number of halogens is 1. The molecule has 1 saturated carbocycles. The molecule has 2 fully saturated rings. The van der Waals surface area contributed by atoms with E-state index in [2.05, 4.69) is 45.1 Å². The quantitative estimate of drug-likeness (QED) is 0.740. The number of benzene rings is 1. The third-order valence-electron chi connectivity index (χ3n) is 3.57. The molecule has 0 radical (unpaired) electrons. The van der Waals surface area contributed by atoms with Gasteiger partial charge < -0.3 is 4.90 Å². The summed E-state index contributed by atoms with van der Waals surface area (Å²) in [5, 5.41) is 0. The van der Waals surface area contributed by atoms with E-state index in [1.165, 1.54) is 36.0 Å². The smallest absolute Gasteiger partial charge is 0.0369 e. The van der Waals surface area contributed by atoms with Gasteiger partial charge in [0.1, 0.15) is 0 Å². The van der Waals surface area contributed by atoms with Gasteiger partial charge in [-0.2, -0.15) is 0 Å². The Morgan fingerprint density at radius 3 is 2.50 bits per heavy atom. The summed E-state index contributed by atoms with van der Waals surface area (Å²) in [6, 6.07) is 9.57. The highest BCUT2D eigenvalue weighted by Crippen LogP contribution is 2.40. The van der Waals surface area contributed by atoms with E-state index in [9.17, 15) is 0 Å². The van der Waals surface area contributed by atoms with Crippen molar-refractivity contribution in [2.75, 3.05) is 11.4 Å². The van der Waals surface area contributed by atoms with Gasteiger partial charge in [-0.15, -0.1) is 0 Å². The molecule has 1 aromatic carbocycles. The SMILES string of the molecule is Brc1ccc(N2C[C@@H]3CC[C@H]2C3)cc1. The first kappa shape index (κ1) is 8.78. The fourth-order valence-electron chi connectivity index (χ4n) is 2.87. The lowest BCUT2D eigenvalue weighted by Gasteiger charge is -2.29. The standard InChI is InChI=1S/C12H14BrN/c13-10-2-5-11(6-3-10)14-8-9-1-4-12(14)7-9/h2-3,5-6,9,12H,1,4,7-8H2/t9-,12+/m1/s1. The summed E-state index contributed by atoms with van der Waals surface area (Å²) >= 11 is 3.48. The first-order valence-electron chi connectivity index (χ1n) is 5.35. The Kier molecular flexibility index (Phi) is 2.05. The van der Waals surface area contributed by atoms with Crippen LogP contribution in [-0.4, -0.2) is 12.6 Å². The molecule has 1 saturated heterocycles. The number of nitrogens with zero attached hydrogens (tertiary/aromatic N) is 1. The molecule has 1 aliphatic carbocycles. The zero-order valence-corrected chi connectivity index (χ0v) is 9.70. The maximum Gasteiger partial charge on any atom is 0.0369 e. The van der Waals surface area contributed by atoms with Crippen LogP contribution in [0.1, 0.15) is 19.3 Å². The molecule has 1 nitrogen and oxygen atoms in total. The van der Waals surface area contributed by atoms with Gasteiger partial charge >= 0.3 is 0 Å². The molecule has 14 heavy (non-hydrogen) atoms. The number of hydrogen-bond acceptors (Lipinski definition) is 1. The Hall–Kier alpha value is -0.500. The molecule has 2 aliphatic rings. The highest BCUT2D eigenvalue weighted by atomic mass is 79.9. The Labute approximate surface area is 93.2 Å². The van der Waals surface area contributed by atoms with E-state index in [4.69, 9.17) is 0 Å². The monoisotopic (exact) mass is 251 g/mol. The lowest BCUT2D eigenvalue weighted by Crippen LogP contribution is -2.31. The van der Waals surface area contributed by atoms with Gasteiger partial charge in [-0.25, -0.2) is 0 Å². The molecule has 2 heteroatoms. The van der Waals surface area contributed by atoms with Crippen molar-refractivity contribution in [2.24, 2.45) is 5.92 Å². The van der Waals surface area contributed by atoms with Crippen LogP contribution in [0.2, 0.25) is 0 Å². The van der Waals surface area contributed by atoms with Crippen LogP contribution in [0.3, 0.4) is 0 Å². The van der Waals surface area contributed by atoms with Crippen LogP contribution in [0, 0.1) is 5.92 Å². The minimum Gasteiger partial charge on any atom is -0.368 e. The maximum atomic E-state index is 3.48. The summed E-state index contributed by atoms with van der Waals surface area (Å²) in [7, 11) is 0. The lowest BCUT2D eigenvalue weighted by molar-refractivity contribution is 0.553. The minimum absolute atomic E-state index is 0.834. The number of piperidine rings is 1. The van der Waals surface area contributed by atoms with Gasteiger partial charge in [0, 0.05) is 22.7 Å². The predicted octanol–water partition coefficient (Wildman–Crippen LogP) is 3.44. The molecular formula is C12H14BrN. The Morgan fingerprint density at radius 2 is 1.93 bits per heavy atom. The van der Waals surface area contributed by atoms with Crippen molar-refractivity contribution < 1.29 is 0 Å². The van der Waals surface area contributed by atoms with Crippen LogP contribution in [0.25, 0.3) is 0 Å². The van der Waals surface area contributed by atoms with Crippen molar-refractivity contribution in [3.8, 4) is 0 Å². The van der Waals surface area contributed by atoms with Crippen LogP contribution in [0.4, 0.5) is 5.69 Å². The predicted molar refractivity (Wildman–Crippen MR) is 62.6 cm³/mol. The maximum absolute atomic E-state index is 3.48. The Balaban J connectivity index is 1.86. The van der Waals surface area contributed by atoms with Gasteiger partial charge in [0.2, 0.25) is 0 Å². The average Bonchev–Trinajstić information content (AvgIpc) is 2.80. The highest BCUT2D eigenvalue weighted by Gasteiger charge is 2.37. The molecule has 0 spiro atoms. The molecule has 74 valence electrons. The summed E-state index contributed by atoms with van der Waals surface area (Å²) < 4.78 is 1.17. The van der Waals surface area contributed by atoms with E-state index in [1.54, 1.807) is 0 Å². The van der Waals surface area contributed by atoms with Gasteiger partial charge in [0.25, 0.3) is 0 Å². The third-order valence-corrected chi connectivity index (χ3v) is 4.10. The molecule has 1 heterocycles. The summed E-state index contributed by atoms with van der Waals surface area (Å²) in [6.07, 6.45) is 4.29.